The molecule has 23 heavy (non-hydrogen) atoms. The second-order valence-corrected chi connectivity index (χ2v) is 6.41. The minimum Gasteiger partial charge on any atom is -0.483 e. The van der Waals surface area contributed by atoms with Crippen LogP contribution in [-0.2, 0) is 9.53 Å². The van der Waals surface area contributed by atoms with Crippen molar-refractivity contribution >= 4 is 27.6 Å². The van der Waals surface area contributed by atoms with Crippen LogP contribution in [0.3, 0.4) is 0 Å². The number of carbonyl (C=O) groups excluding carboxylic acids is 1. The first kappa shape index (κ1) is 15.8. The van der Waals surface area contributed by atoms with Gasteiger partial charge in [-0.05, 0) is 30.7 Å². The smallest absolute Gasteiger partial charge is 0.261 e. The van der Waals surface area contributed by atoms with Gasteiger partial charge < -0.3 is 9.64 Å². The van der Waals surface area contributed by atoms with Crippen molar-refractivity contribution in [1.29, 1.82) is 0 Å². The Labute approximate surface area is 144 Å². The summed E-state index contributed by atoms with van der Waals surface area (Å²) >= 11 is 3.43. The zero-order valence-electron chi connectivity index (χ0n) is 12.9. The van der Waals surface area contributed by atoms with E-state index >= 15 is 0 Å². The van der Waals surface area contributed by atoms with Crippen LogP contribution in [0, 0.1) is 0 Å². The summed E-state index contributed by atoms with van der Waals surface area (Å²) in [6.45, 7) is 2.66. The van der Waals surface area contributed by atoms with Gasteiger partial charge in [-0.25, -0.2) is 0 Å². The van der Waals surface area contributed by atoms with Crippen molar-refractivity contribution in [2.75, 3.05) is 13.2 Å². The van der Waals surface area contributed by atoms with Crippen molar-refractivity contribution < 1.29 is 9.53 Å². The van der Waals surface area contributed by atoms with E-state index in [2.05, 4.69) is 15.9 Å². The molecule has 118 valence electrons. The third-order valence-corrected chi connectivity index (χ3v) is 4.55. The predicted octanol–water partition coefficient (Wildman–Crippen LogP) is 4.41. The molecule has 0 aromatic heterocycles. The Hall–Kier alpha value is -2.07. The molecular formula is C19H18BrNO2. The molecular weight excluding hydrogens is 354 g/mol. The molecule has 3 nitrogen and oxygen atoms in total. The van der Waals surface area contributed by atoms with E-state index in [4.69, 9.17) is 4.74 Å². The highest BCUT2D eigenvalue weighted by molar-refractivity contribution is 9.10. The molecule has 1 aliphatic heterocycles. The fraction of sp³-hybridized carbons (Fsp3) is 0.211. The van der Waals surface area contributed by atoms with E-state index in [0.717, 1.165) is 21.4 Å². The Bertz CT molecular complexity index is 710. The molecule has 0 saturated carbocycles. The molecule has 0 spiro atoms. The first-order valence-electron chi connectivity index (χ1n) is 7.58. The molecule has 0 N–H and O–H groups in total. The Morgan fingerprint density at radius 2 is 1.78 bits per heavy atom. The lowest BCUT2D eigenvalue weighted by molar-refractivity contribution is -0.135. The van der Waals surface area contributed by atoms with E-state index in [-0.39, 0.29) is 18.6 Å². The number of carbonyl (C=O) groups is 1. The number of rotatable bonds is 3. The molecule has 2 aromatic carbocycles. The van der Waals surface area contributed by atoms with Crippen molar-refractivity contribution in [3.8, 4) is 0 Å². The Morgan fingerprint density at radius 1 is 1.09 bits per heavy atom. The number of amides is 1. The van der Waals surface area contributed by atoms with Gasteiger partial charge in [-0.15, -0.1) is 0 Å². The number of nitrogens with zero attached hydrogens (tertiary/aromatic N) is 1. The topological polar surface area (TPSA) is 29.5 Å². The summed E-state index contributed by atoms with van der Waals surface area (Å²) < 4.78 is 6.73. The van der Waals surface area contributed by atoms with Crippen LogP contribution in [0.25, 0.3) is 5.76 Å². The van der Waals surface area contributed by atoms with Crippen LogP contribution < -0.4 is 0 Å². The highest BCUT2D eigenvalue weighted by Gasteiger charge is 2.24. The standard InChI is InChI=1S/C19H18BrNO2/c1-14(15-5-3-2-4-6-15)21-12-11-18(23-13-19(21)22)16-7-9-17(20)10-8-16/h2-11,14H,12-13H2,1H3. The van der Waals surface area contributed by atoms with Gasteiger partial charge in [0, 0.05) is 16.6 Å². The van der Waals surface area contributed by atoms with E-state index in [1.807, 2.05) is 72.5 Å². The number of halogens is 1. The van der Waals surface area contributed by atoms with Gasteiger partial charge in [-0.1, -0.05) is 58.4 Å². The van der Waals surface area contributed by atoms with Gasteiger partial charge in [-0.3, -0.25) is 4.79 Å². The number of hydrogen-bond donors (Lipinski definition) is 0. The third kappa shape index (κ3) is 3.64. The maximum absolute atomic E-state index is 12.4. The van der Waals surface area contributed by atoms with Crippen LogP contribution in [-0.4, -0.2) is 24.0 Å². The SMILES string of the molecule is CC(c1ccccc1)N1CC=C(c2ccc(Br)cc2)OCC1=O. The van der Waals surface area contributed by atoms with Crippen LogP contribution >= 0.6 is 15.9 Å². The van der Waals surface area contributed by atoms with Crippen molar-refractivity contribution in [3.63, 3.8) is 0 Å². The number of benzene rings is 2. The maximum Gasteiger partial charge on any atom is 0.261 e. The lowest BCUT2D eigenvalue weighted by Crippen LogP contribution is -2.35. The number of hydrogen-bond acceptors (Lipinski definition) is 2. The molecule has 0 fully saturated rings. The van der Waals surface area contributed by atoms with Gasteiger partial charge in [0.15, 0.2) is 6.61 Å². The van der Waals surface area contributed by atoms with E-state index in [1.54, 1.807) is 0 Å². The monoisotopic (exact) mass is 371 g/mol. The molecule has 0 aliphatic carbocycles. The molecule has 1 atom stereocenters. The molecule has 1 amide bonds. The number of ether oxygens (including phenoxy) is 1. The lowest BCUT2D eigenvalue weighted by atomic mass is 10.1. The Kier molecular flexibility index (Phi) is 4.82. The summed E-state index contributed by atoms with van der Waals surface area (Å²) in [5, 5.41) is 0. The normalized spacial score (nSPS) is 16.3. The Balaban J connectivity index is 1.81. The predicted molar refractivity (Wildman–Crippen MR) is 94.6 cm³/mol. The molecule has 0 bridgehead atoms. The molecule has 0 saturated heterocycles. The quantitative estimate of drug-likeness (QED) is 0.799. The first-order chi connectivity index (χ1) is 11.1. The van der Waals surface area contributed by atoms with Gasteiger partial charge in [0.1, 0.15) is 5.76 Å². The molecule has 4 heteroatoms. The van der Waals surface area contributed by atoms with Gasteiger partial charge in [0.25, 0.3) is 5.91 Å². The van der Waals surface area contributed by atoms with Gasteiger partial charge in [0.05, 0.1) is 6.04 Å². The van der Waals surface area contributed by atoms with Crippen LogP contribution in [0.2, 0.25) is 0 Å². The van der Waals surface area contributed by atoms with E-state index in [0.29, 0.717) is 6.54 Å². The highest BCUT2D eigenvalue weighted by atomic mass is 79.9. The average molecular weight is 372 g/mol. The maximum atomic E-state index is 12.4. The lowest BCUT2D eigenvalue weighted by Gasteiger charge is -2.27. The van der Waals surface area contributed by atoms with Crippen LogP contribution in [0.1, 0.15) is 24.1 Å². The first-order valence-corrected chi connectivity index (χ1v) is 8.38. The average Bonchev–Trinajstić information content (AvgIpc) is 2.78. The molecule has 1 aliphatic rings. The fourth-order valence-electron chi connectivity index (χ4n) is 2.67. The van der Waals surface area contributed by atoms with Crippen LogP contribution in [0.5, 0.6) is 0 Å². The summed E-state index contributed by atoms with van der Waals surface area (Å²) in [5.41, 5.74) is 2.11. The summed E-state index contributed by atoms with van der Waals surface area (Å²) in [6.07, 6.45) is 1.98. The second-order valence-electron chi connectivity index (χ2n) is 5.50. The van der Waals surface area contributed by atoms with E-state index in [1.165, 1.54) is 0 Å². The minimum atomic E-state index is 0.00437. The zero-order valence-corrected chi connectivity index (χ0v) is 14.5. The van der Waals surface area contributed by atoms with Crippen molar-refractivity contribution in [3.05, 3.63) is 76.3 Å². The summed E-state index contributed by atoms with van der Waals surface area (Å²) in [4.78, 5) is 14.3. The van der Waals surface area contributed by atoms with Crippen molar-refractivity contribution in [1.82, 2.24) is 4.90 Å². The second kappa shape index (κ2) is 7.01. The molecule has 2 aromatic rings. The van der Waals surface area contributed by atoms with E-state index < -0.39 is 0 Å². The van der Waals surface area contributed by atoms with E-state index in [9.17, 15) is 4.79 Å². The zero-order chi connectivity index (χ0) is 16.2. The van der Waals surface area contributed by atoms with Gasteiger partial charge in [-0.2, -0.15) is 0 Å². The van der Waals surface area contributed by atoms with Crippen molar-refractivity contribution in [2.24, 2.45) is 0 Å². The highest BCUT2D eigenvalue weighted by Crippen LogP contribution is 2.25. The third-order valence-electron chi connectivity index (χ3n) is 4.02. The summed E-state index contributed by atoms with van der Waals surface area (Å²) in [5.74, 6) is 0.762. The molecule has 1 unspecified atom stereocenters. The molecule has 3 rings (SSSR count). The summed E-state index contributed by atoms with van der Waals surface area (Å²) in [7, 11) is 0. The van der Waals surface area contributed by atoms with Crippen LogP contribution in [0.15, 0.2) is 65.1 Å². The van der Waals surface area contributed by atoms with Crippen molar-refractivity contribution in [2.45, 2.75) is 13.0 Å². The minimum absolute atomic E-state index is 0.00437. The fourth-order valence-corrected chi connectivity index (χ4v) is 2.93. The van der Waals surface area contributed by atoms with Gasteiger partial charge in [0.2, 0.25) is 0 Å². The summed E-state index contributed by atoms with van der Waals surface area (Å²) in [6, 6.07) is 18.0. The van der Waals surface area contributed by atoms with Crippen LogP contribution in [0.4, 0.5) is 0 Å². The largest absolute Gasteiger partial charge is 0.483 e. The van der Waals surface area contributed by atoms with Gasteiger partial charge >= 0.3 is 0 Å². The molecule has 0 radical (unpaired) electrons. The molecule has 1 heterocycles. The Morgan fingerprint density at radius 3 is 2.48 bits per heavy atom.